The first-order valence-corrected chi connectivity index (χ1v) is 9.44. The molecule has 13 heteroatoms. The molecule has 3 atom stereocenters. The Labute approximate surface area is 181 Å². The molecule has 0 bridgehead atoms. The lowest BCUT2D eigenvalue weighted by Gasteiger charge is -2.24. The largest absolute Gasteiger partial charge is 0.480 e. The highest BCUT2D eigenvalue weighted by atomic mass is 16.4. The maximum absolute atomic E-state index is 12.3. The second kappa shape index (κ2) is 9.59. The number of nitrogens with zero attached hydrogens (tertiary/aromatic N) is 4. The van der Waals surface area contributed by atoms with E-state index in [1.54, 1.807) is 12.1 Å². The number of aliphatic carboxylic acids is 1. The third kappa shape index (κ3) is 5.59. The van der Waals surface area contributed by atoms with Gasteiger partial charge in [0, 0.05) is 12.0 Å². The molecule has 0 aromatic heterocycles. The zero-order chi connectivity index (χ0) is 23.3. The van der Waals surface area contributed by atoms with Gasteiger partial charge in [-0.2, -0.15) is 0 Å². The van der Waals surface area contributed by atoms with Crippen LogP contribution >= 0.6 is 0 Å². The molecule has 2 heterocycles. The Bertz CT molecular complexity index is 1060. The van der Waals surface area contributed by atoms with Crippen LogP contribution in [-0.2, 0) is 14.4 Å². The van der Waals surface area contributed by atoms with Crippen molar-refractivity contribution in [3.05, 3.63) is 29.8 Å². The molecule has 13 nitrogen and oxygen atoms in total. The molecule has 0 saturated carbocycles. The number of benzene rings is 1. The van der Waals surface area contributed by atoms with Crippen LogP contribution in [0, 0.1) is 0 Å². The van der Waals surface area contributed by atoms with Crippen molar-refractivity contribution in [2.75, 3.05) is 0 Å². The summed E-state index contributed by atoms with van der Waals surface area (Å²) in [6, 6.07) is 3.97. The van der Waals surface area contributed by atoms with Crippen molar-refractivity contribution >= 4 is 53.5 Å². The highest BCUT2D eigenvalue weighted by molar-refractivity contribution is 6.56. The number of carboxylic acids is 1. The second-order valence-electron chi connectivity index (χ2n) is 6.87. The molecular formula is C19H20N8O5. The number of hydrogen-bond donors (Lipinski definition) is 5. The van der Waals surface area contributed by atoms with Gasteiger partial charge in [-0.25, -0.2) is 9.79 Å². The molecule has 1 aromatic rings. The number of fused-ring (bicyclic) bond motifs is 1. The maximum Gasteiger partial charge on any atom is 0.326 e. The van der Waals surface area contributed by atoms with Crippen LogP contribution in [0.3, 0.4) is 0 Å². The number of primary amides is 1. The minimum Gasteiger partial charge on any atom is -0.480 e. The van der Waals surface area contributed by atoms with E-state index in [-0.39, 0.29) is 24.4 Å². The van der Waals surface area contributed by atoms with Gasteiger partial charge in [-0.05, 0) is 30.7 Å². The van der Waals surface area contributed by atoms with Gasteiger partial charge in [0.15, 0.2) is 18.2 Å². The molecule has 166 valence electrons. The lowest BCUT2D eigenvalue weighted by Crippen LogP contribution is -2.52. The van der Waals surface area contributed by atoms with Crippen molar-refractivity contribution in [1.29, 1.82) is 0 Å². The Balaban J connectivity index is 1.62. The normalized spacial score (nSPS) is 20.6. The van der Waals surface area contributed by atoms with E-state index in [1.807, 2.05) is 0 Å². The van der Waals surface area contributed by atoms with Crippen molar-refractivity contribution in [3.63, 3.8) is 0 Å². The van der Waals surface area contributed by atoms with Crippen LogP contribution in [0.5, 0.6) is 0 Å². The number of carbonyl (C=O) groups is 4. The minimum atomic E-state index is -1.27. The number of carbonyl (C=O) groups excluding carboxylic acids is 3. The summed E-state index contributed by atoms with van der Waals surface area (Å²) in [6.07, 6.45) is 1.87. The maximum atomic E-state index is 12.3. The van der Waals surface area contributed by atoms with Crippen LogP contribution in [0.15, 0.2) is 44.2 Å². The summed E-state index contributed by atoms with van der Waals surface area (Å²) < 4.78 is 0. The summed E-state index contributed by atoms with van der Waals surface area (Å²) in [5, 5.41) is 13.9. The smallest absolute Gasteiger partial charge is 0.326 e. The lowest BCUT2D eigenvalue weighted by atomic mass is 10.1. The van der Waals surface area contributed by atoms with Gasteiger partial charge in [0.1, 0.15) is 6.04 Å². The van der Waals surface area contributed by atoms with E-state index < -0.39 is 41.9 Å². The molecule has 3 rings (SSSR count). The molecule has 2 aliphatic rings. The average molecular weight is 440 g/mol. The number of guanidine groups is 1. The number of amides is 3. The third-order valence-electron chi connectivity index (χ3n) is 4.48. The van der Waals surface area contributed by atoms with Crippen molar-refractivity contribution in [2.45, 2.75) is 31.1 Å². The fraction of sp³-hybridized carbons (Fsp3) is 0.263. The van der Waals surface area contributed by atoms with Crippen LogP contribution in [0.1, 0.15) is 23.2 Å². The van der Waals surface area contributed by atoms with E-state index in [4.69, 9.17) is 11.5 Å². The molecule has 3 unspecified atom stereocenters. The van der Waals surface area contributed by atoms with Gasteiger partial charge in [-0.1, -0.05) is 0 Å². The van der Waals surface area contributed by atoms with Gasteiger partial charge in [-0.3, -0.25) is 34.7 Å². The Morgan fingerprint density at radius 1 is 1.25 bits per heavy atom. The van der Waals surface area contributed by atoms with Crippen molar-refractivity contribution in [1.82, 2.24) is 10.6 Å². The first-order valence-electron chi connectivity index (χ1n) is 9.44. The fourth-order valence-corrected chi connectivity index (χ4v) is 2.86. The second-order valence-corrected chi connectivity index (χ2v) is 6.87. The van der Waals surface area contributed by atoms with Crippen LogP contribution in [0.25, 0.3) is 0 Å². The van der Waals surface area contributed by atoms with Gasteiger partial charge < -0.3 is 21.9 Å². The van der Waals surface area contributed by atoms with Crippen molar-refractivity contribution < 1.29 is 24.3 Å². The van der Waals surface area contributed by atoms with Gasteiger partial charge >= 0.3 is 5.97 Å². The Morgan fingerprint density at radius 3 is 2.62 bits per heavy atom. The Hall–Kier alpha value is -4.42. The number of aliphatic imine (C=N–C) groups is 4. The summed E-state index contributed by atoms with van der Waals surface area (Å²) in [5.74, 6) is -2.95. The van der Waals surface area contributed by atoms with Gasteiger partial charge in [0.05, 0.1) is 23.8 Å². The summed E-state index contributed by atoms with van der Waals surface area (Å²) in [7, 11) is 0. The quantitative estimate of drug-likeness (QED) is 0.303. The van der Waals surface area contributed by atoms with Crippen molar-refractivity contribution in [3.8, 4) is 0 Å². The van der Waals surface area contributed by atoms with Crippen LogP contribution in [-0.4, -0.2) is 71.1 Å². The zero-order valence-electron chi connectivity index (χ0n) is 16.6. The zero-order valence-corrected chi connectivity index (χ0v) is 16.6. The number of hydrogen-bond acceptors (Lipinski definition) is 9. The average Bonchev–Trinajstić information content (AvgIpc) is 2.75. The standard InChI is InChI=1S/C19H20N8O5/c20-13(28)6-5-12(18(31)32)25-16(29)9-1-3-10(4-2-9)22-7-11-8-23-15-14(24-11)17(30)27-19(21)26-15/h1-4,7-8,12,14-15H,5-6H2,(H2,20,28)(H,25,29)(H,31,32)(H3,21,26,27,30). The molecule has 1 aromatic carbocycles. The number of rotatable bonds is 8. The molecule has 0 radical (unpaired) electrons. The highest BCUT2D eigenvalue weighted by Gasteiger charge is 2.33. The first-order chi connectivity index (χ1) is 15.2. The van der Waals surface area contributed by atoms with Crippen LogP contribution in [0.2, 0.25) is 0 Å². The topological polar surface area (TPSA) is 214 Å². The molecule has 0 fully saturated rings. The molecule has 0 spiro atoms. The number of carboxylic acid groups (broad SMARTS) is 1. The van der Waals surface area contributed by atoms with E-state index >= 15 is 0 Å². The Kier molecular flexibility index (Phi) is 6.68. The highest BCUT2D eigenvalue weighted by Crippen LogP contribution is 2.15. The summed E-state index contributed by atoms with van der Waals surface area (Å²) in [6.45, 7) is 0. The predicted octanol–water partition coefficient (Wildman–Crippen LogP) is -1.50. The minimum absolute atomic E-state index is 0.00705. The molecule has 0 aliphatic carbocycles. The molecular weight excluding hydrogens is 420 g/mol. The van der Waals surface area contributed by atoms with Gasteiger partial charge in [-0.15, -0.1) is 0 Å². The molecule has 7 N–H and O–H groups in total. The molecule has 32 heavy (non-hydrogen) atoms. The monoisotopic (exact) mass is 440 g/mol. The predicted molar refractivity (Wildman–Crippen MR) is 115 cm³/mol. The number of nitrogens with one attached hydrogen (secondary N) is 2. The van der Waals surface area contributed by atoms with Crippen molar-refractivity contribution in [2.24, 2.45) is 31.4 Å². The van der Waals surface area contributed by atoms with Crippen LogP contribution < -0.4 is 22.1 Å². The lowest BCUT2D eigenvalue weighted by molar-refractivity contribution is -0.139. The summed E-state index contributed by atoms with van der Waals surface area (Å²) in [5.41, 5.74) is 11.6. The van der Waals surface area contributed by atoms with E-state index in [0.29, 0.717) is 11.4 Å². The van der Waals surface area contributed by atoms with Crippen LogP contribution in [0.4, 0.5) is 5.69 Å². The van der Waals surface area contributed by atoms with E-state index in [1.165, 1.54) is 24.6 Å². The van der Waals surface area contributed by atoms with E-state index in [9.17, 15) is 24.3 Å². The SMILES string of the molecule is NC(=O)CCC(NC(=O)c1ccc(N=CC2=NC3C(=O)NC(N)=NC3N=C2)cc1)C(=O)O. The molecule has 0 saturated heterocycles. The summed E-state index contributed by atoms with van der Waals surface area (Å²) >= 11 is 0. The van der Waals surface area contributed by atoms with E-state index in [0.717, 1.165) is 0 Å². The fourth-order valence-electron chi connectivity index (χ4n) is 2.86. The van der Waals surface area contributed by atoms with Gasteiger partial charge in [0.2, 0.25) is 5.91 Å². The summed E-state index contributed by atoms with van der Waals surface area (Å²) in [4.78, 5) is 63.0. The van der Waals surface area contributed by atoms with Gasteiger partial charge in [0.25, 0.3) is 11.8 Å². The van der Waals surface area contributed by atoms with E-state index in [2.05, 4.69) is 30.6 Å². The third-order valence-corrected chi connectivity index (χ3v) is 4.48. The Morgan fingerprint density at radius 2 is 1.97 bits per heavy atom. The molecule has 2 aliphatic heterocycles. The number of nitrogens with two attached hydrogens (primary N) is 2. The first kappa shape index (κ1) is 22.3. The molecule has 3 amide bonds.